The third-order valence-corrected chi connectivity index (χ3v) is 4.80. The van der Waals surface area contributed by atoms with E-state index in [2.05, 4.69) is 44.4 Å². The molecule has 0 aliphatic carbocycles. The number of aromatic amines is 1. The summed E-state index contributed by atoms with van der Waals surface area (Å²) < 4.78 is 14.9. The van der Waals surface area contributed by atoms with E-state index in [1.807, 2.05) is 13.0 Å². The summed E-state index contributed by atoms with van der Waals surface area (Å²) in [6.07, 6.45) is 0.983. The highest BCUT2D eigenvalue weighted by molar-refractivity contribution is 9.10. The first kappa shape index (κ1) is 14.0. The van der Waals surface area contributed by atoms with Crippen molar-refractivity contribution in [1.82, 2.24) is 10.3 Å². The van der Waals surface area contributed by atoms with Gasteiger partial charge in [0, 0.05) is 27.6 Å². The number of aryl methyl sites for hydroxylation is 1. The van der Waals surface area contributed by atoms with Crippen LogP contribution >= 0.6 is 15.9 Å². The van der Waals surface area contributed by atoms with Gasteiger partial charge >= 0.3 is 0 Å². The van der Waals surface area contributed by atoms with E-state index in [1.54, 1.807) is 12.1 Å². The normalized spacial score (nSPS) is 17.7. The first-order chi connectivity index (χ1) is 10.6. The fraction of sp³-hybridized carbons (Fsp3) is 0.222. The van der Waals surface area contributed by atoms with Crippen LogP contribution in [0.1, 0.15) is 28.4 Å². The molecule has 0 saturated carbocycles. The maximum absolute atomic E-state index is 13.8. The highest BCUT2D eigenvalue weighted by Gasteiger charge is 2.25. The molecule has 1 aliphatic heterocycles. The Kier molecular flexibility index (Phi) is 3.31. The predicted octanol–water partition coefficient (Wildman–Crippen LogP) is 4.61. The largest absolute Gasteiger partial charge is 0.357 e. The molecule has 0 bridgehead atoms. The number of halogens is 2. The molecule has 3 aromatic rings. The van der Waals surface area contributed by atoms with E-state index in [9.17, 15) is 4.39 Å². The second kappa shape index (κ2) is 5.21. The van der Waals surface area contributed by atoms with Gasteiger partial charge < -0.3 is 10.3 Å². The van der Waals surface area contributed by atoms with Crippen LogP contribution in [0, 0.1) is 12.7 Å². The minimum absolute atomic E-state index is 0.0179. The Bertz CT molecular complexity index is 849. The monoisotopic (exact) mass is 358 g/mol. The molecule has 4 heteroatoms. The summed E-state index contributed by atoms with van der Waals surface area (Å²) in [6, 6.07) is 11.5. The number of rotatable bonds is 1. The van der Waals surface area contributed by atoms with Crippen molar-refractivity contribution in [2.75, 3.05) is 6.54 Å². The third kappa shape index (κ3) is 2.27. The van der Waals surface area contributed by atoms with E-state index < -0.39 is 0 Å². The molecule has 0 radical (unpaired) electrons. The lowest BCUT2D eigenvalue weighted by atomic mass is 9.93. The van der Waals surface area contributed by atoms with Crippen LogP contribution in [0.25, 0.3) is 10.9 Å². The van der Waals surface area contributed by atoms with E-state index >= 15 is 0 Å². The van der Waals surface area contributed by atoms with E-state index in [-0.39, 0.29) is 11.9 Å². The van der Waals surface area contributed by atoms with Gasteiger partial charge in [-0.1, -0.05) is 22.0 Å². The topological polar surface area (TPSA) is 27.8 Å². The van der Waals surface area contributed by atoms with Crippen molar-refractivity contribution < 1.29 is 4.39 Å². The SMILES string of the molecule is Cc1cc(F)cc(C2NCCc3c2[nH]c2ccc(Br)cc32)c1. The number of H-pyrrole nitrogens is 1. The van der Waals surface area contributed by atoms with Crippen molar-refractivity contribution in [2.45, 2.75) is 19.4 Å². The number of hydrogen-bond acceptors (Lipinski definition) is 1. The molecule has 0 fully saturated rings. The van der Waals surface area contributed by atoms with Crippen LogP contribution in [0.2, 0.25) is 0 Å². The molecular weight excluding hydrogens is 343 g/mol. The van der Waals surface area contributed by atoms with Gasteiger partial charge in [-0.05, 0) is 60.4 Å². The van der Waals surface area contributed by atoms with Crippen molar-refractivity contribution in [3.8, 4) is 0 Å². The zero-order chi connectivity index (χ0) is 15.3. The van der Waals surface area contributed by atoms with E-state index in [4.69, 9.17) is 0 Å². The van der Waals surface area contributed by atoms with Gasteiger partial charge in [0.2, 0.25) is 0 Å². The van der Waals surface area contributed by atoms with Gasteiger partial charge in [0.25, 0.3) is 0 Å². The Morgan fingerprint density at radius 3 is 2.86 bits per heavy atom. The van der Waals surface area contributed by atoms with Crippen LogP contribution in [-0.4, -0.2) is 11.5 Å². The number of hydrogen-bond donors (Lipinski definition) is 2. The lowest BCUT2D eigenvalue weighted by Crippen LogP contribution is -2.30. The molecule has 2 heterocycles. The molecule has 0 spiro atoms. The summed E-state index contributed by atoms with van der Waals surface area (Å²) in [6.45, 7) is 2.82. The van der Waals surface area contributed by atoms with Crippen molar-refractivity contribution in [3.63, 3.8) is 0 Å². The van der Waals surface area contributed by atoms with Gasteiger partial charge in [-0.25, -0.2) is 4.39 Å². The van der Waals surface area contributed by atoms with Gasteiger partial charge in [-0.2, -0.15) is 0 Å². The smallest absolute Gasteiger partial charge is 0.123 e. The first-order valence-corrected chi connectivity index (χ1v) is 8.21. The Morgan fingerprint density at radius 1 is 1.18 bits per heavy atom. The van der Waals surface area contributed by atoms with Gasteiger partial charge in [-0.15, -0.1) is 0 Å². The number of benzene rings is 2. The molecule has 2 aromatic carbocycles. The van der Waals surface area contributed by atoms with Gasteiger partial charge in [0.15, 0.2) is 0 Å². The molecular formula is C18H16BrFN2. The average Bonchev–Trinajstić information content (AvgIpc) is 2.84. The molecule has 2 N–H and O–H groups in total. The van der Waals surface area contributed by atoms with Crippen LogP contribution < -0.4 is 5.32 Å². The maximum atomic E-state index is 13.8. The molecule has 1 unspecified atom stereocenters. The number of fused-ring (bicyclic) bond motifs is 3. The summed E-state index contributed by atoms with van der Waals surface area (Å²) in [4.78, 5) is 3.52. The average molecular weight is 359 g/mol. The van der Waals surface area contributed by atoms with Gasteiger partial charge in [0.05, 0.1) is 6.04 Å². The molecule has 1 aromatic heterocycles. The fourth-order valence-electron chi connectivity index (χ4n) is 3.42. The Labute approximate surface area is 136 Å². The van der Waals surface area contributed by atoms with Crippen molar-refractivity contribution in [1.29, 1.82) is 0 Å². The predicted molar refractivity (Wildman–Crippen MR) is 90.7 cm³/mol. The summed E-state index contributed by atoms with van der Waals surface area (Å²) in [5.41, 5.74) is 5.55. The third-order valence-electron chi connectivity index (χ3n) is 4.31. The van der Waals surface area contributed by atoms with Crippen molar-refractivity contribution in [3.05, 3.63) is 69.1 Å². The van der Waals surface area contributed by atoms with Crippen LogP contribution in [0.3, 0.4) is 0 Å². The standard InChI is InChI=1S/C18H16BrFN2/c1-10-6-11(8-13(20)7-10)17-18-14(4-5-21-17)15-9-12(19)2-3-16(15)22-18/h2-3,6-9,17,21-22H,4-5H2,1H3. The molecule has 1 atom stereocenters. The fourth-order valence-corrected chi connectivity index (χ4v) is 3.78. The molecule has 0 amide bonds. The van der Waals surface area contributed by atoms with Crippen molar-refractivity contribution in [2.24, 2.45) is 0 Å². The zero-order valence-electron chi connectivity index (χ0n) is 12.2. The molecule has 22 heavy (non-hydrogen) atoms. The Morgan fingerprint density at radius 2 is 2.05 bits per heavy atom. The van der Waals surface area contributed by atoms with Gasteiger partial charge in [0.1, 0.15) is 5.82 Å². The molecule has 2 nitrogen and oxygen atoms in total. The quantitative estimate of drug-likeness (QED) is 0.652. The first-order valence-electron chi connectivity index (χ1n) is 7.42. The van der Waals surface area contributed by atoms with E-state index in [1.165, 1.54) is 10.9 Å². The highest BCUT2D eigenvalue weighted by atomic mass is 79.9. The second-order valence-electron chi connectivity index (χ2n) is 5.91. The second-order valence-corrected chi connectivity index (χ2v) is 6.82. The van der Waals surface area contributed by atoms with Crippen molar-refractivity contribution >= 4 is 26.8 Å². The molecule has 112 valence electrons. The van der Waals surface area contributed by atoms with Gasteiger partial charge in [-0.3, -0.25) is 0 Å². The highest BCUT2D eigenvalue weighted by Crippen LogP contribution is 2.35. The van der Waals surface area contributed by atoms with Crippen LogP contribution in [0.15, 0.2) is 40.9 Å². The summed E-state index contributed by atoms with van der Waals surface area (Å²) >= 11 is 3.54. The Balaban J connectivity index is 1.90. The van der Waals surface area contributed by atoms with Crippen LogP contribution in [0.4, 0.5) is 4.39 Å². The minimum atomic E-state index is -0.178. The summed E-state index contributed by atoms with van der Waals surface area (Å²) in [7, 11) is 0. The molecule has 4 rings (SSSR count). The summed E-state index contributed by atoms with van der Waals surface area (Å²) in [5, 5.41) is 4.77. The van der Waals surface area contributed by atoms with E-state index in [0.717, 1.165) is 39.8 Å². The minimum Gasteiger partial charge on any atom is -0.357 e. The number of nitrogens with one attached hydrogen (secondary N) is 2. The zero-order valence-corrected chi connectivity index (χ0v) is 13.8. The lowest BCUT2D eigenvalue weighted by molar-refractivity contribution is 0.553. The lowest BCUT2D eigenvalue weighted by Gasteiger charge is -2.25. The van der Waals surface area contributed by atoms with E-state index in [0.29, 0.717) is 0 Å². The Hall–Kier alpha value is -1.65. The van der Waals surface area contributed by atoms with Crippen LogP contribution in [0.5, 0.6) is 0 Å². The summed E-state index contributed by atoms with van der Waals surface area (Å²) in [5.74, 6) is -0.178. The maximum Gasteiger partial charge on any atom is 0.123 e. The number of aromatic nitrogens is 1. The molecule has 1 aliphatic rings. The molecule has 0 saturated heterocycles. The van der Waals surface area contributed by atoms with Crippen LogP contribution in [-0.2, 0) is 6.42 Å².